The molecule has 9 heteroatoms. The molecule has 0 aromatic rings. The molecule has 0 aromatic carbocycles. The molecule has 1 aliphatic rings. The van der Waals surface area contributed by atoms with Crippen LogP contribution in [0.15, 0.2) is 0 Å². The second kappa shape index (κ2) is 10.5. The maximum Gasteiger partial charge on any atom is 0.306 e. The van der Waals surface area contributed by atoms with E-state index in [0.717, 1.165) is 19.3 Å². The van der Waals surface area contributed by atoms with Gasteiger partial charge in [-0.15, -0.1) is 0 Å². The zero-order valence-electron chi connectivity index (χ0n) is 14.9. The largest absolute Gasteiger partial charge is 0.460 e. The highest BCUT2D eigenvalue weighted by Gasteiger charge is 2.47. The van der Waals surface area contributed by atoms with E-state index in [2.05, 4.69) is 6.92 Å². The maximum absolute atomic E-state index is 11.8. The van der Waals surface area contributed by atoms with Crippen molar-refractivity contribution in [1.82, 2.24) is 0 Å². The first kappa shape index (κ1) is 22.4. The van der Waals surface area contributed by atoms with Gasteiger partial charge in [-0.3, -0.25) is 9.35 Å². The van der Waals surface area contributed by atoms with E-state index in [1.165, 1.54) is 32.1 Å². The molecule has 0 aromatic heterocycles. The Balaban J connectivity index is 2.23. The van der Waals surface area contributed by atoms with Crippen LogP contribution in [0.5, 0.6) is 0 Å². The Kier molecular flexibility index (Phi) is 9.37. The summed E-state index contributed by atoms with van der Waals surface area (Å²) in [6.45, 7) is 2.18. The van der Waals surface area contributed by atoms with Crippen molar-refractivity contribution in [2.24, 2.45) is 0 Å². The highest BCUT2D eigenvalue weighted by molar-refractivity contribution is 7.94. The minimum absolute atomic E-state index is 0.130. The van der Waals surface area contributed by atoms with E-state index in [-0.39, 0.29) is 6.42 Å². The highest BCUT2D eigenvalue weighted by Crippen LogP contribution is 2.22. The molecule has 25 heavy (non-hydrogen) atoms. The van der Waals surface area contributed by atoms with E-state index in [0.29, 0.717) is 6.42 Å². The number of carbonyl (C=O) groups excluding carboxylic acids is 1. The van der Waals surface area contributed by atoms with Gasteiger partial charge < -0.3 is 4.74 Å². The summed E-state index contributed by atoms with van der Waals surface area (Å²) in [7, 11) is -8.20. The van der Waals surface area contributed by atoms with E-state index < -0.39 is 48.8 Å². The molecule has 0 bridgehead atoms. The number of ether oxygens (including phenoxy) is 1. The zero-order valence-corrected chi connectivity index (χ0v) is 16.5. The average Bonchev–Trinajstić information content (AvgIpc) is 2.80. The number of hydrogen-bond donors (Lipinski definition) is 1. The Morgan fingerprint density at radius 2 is 1.52 bits per heavy atom. The fourth-order valence-electron chi connectivity index (χ4n) is 2.98. The Labute approximate surface area is 151 Å². The molecule has 1 fully saturated rings. The second-order valence-electron chi connectivity index (χ2n) is 6.74. The van der Waals surface area contributed by atoms with Crippen LogP contribution >= 0.6 is 0 Å². The van der Waals surface area contributed by atoms with E-state index in [4.69, 9.17) is 9.29 Å². The van der Waals surface area contributed by atoms with Gasteiger partial charge in [0.2, 0.25) is 0 Å². The molecule has 0 amide bonds. The summed E-state index contributed by atoms with van der Waals surface area (Å²) in [5.41, 5.74) is 0. The summed E-state index contributed by atoms with van der Waals surface area (Å²) in [4.78, 5) is 11.8. The number of carbonyl (C=O) groups is 1. The zero-order chi connectivity index (χ0) is 18.9. The number of unbranched alkanes of at least 4 members (excludes halogenated alkanes) is 8. The van der Waals surface area contributed by atoms with Crippen LogP contribution in [0.3, 0.4) is 0 Å². The molecule has 0 unspecified atom stereocenters. The minimum atomic E-state index is -4.57. The highest BCUT2D eigenvalue weighted by atomic mass is 32.2. The van der Waals surface area contributed by atoms with Gasteiger partial charge in [0.25, 0.3) is 10.1 Å². The summed E-state index contributed by atoms with van der Waals surface area (Å²) in [6.07, 6.45) is 8.69. The van der Waals surface area contributed by atoms with Crippen LogP contribution in [-0.2, 0) is 29.5 Å². The van der Waals surface area contributed by atoms with Crippen LogP contribution in [0.1, 0.15) is 71.1 Å². The van der Waals surface area contributed by atoms with Gasteiger partial charge in [0.1, 0.15) is 11.4 Å². The minimum Gasteiger partial charge on any atom is -0.460 e. The van der Waals surface area contributed by atoms with Crippen molar-refractivity contribution in [3.05, 3.63) is 0 Å². The van der Waals surface area contributed by atoms with E-state index in [1.54, 1.807) is 0 Å². The monoisotopic (exact) mass is 398 g/mol. The lowest BCUT2D eigenvalue weighted by molar-refractivity contribution is -0.147. The lowest BCUT2D eigenvalue weighted by Crippen LogP contribution is -2.36. The van der Waals surface area contributed by atoms with Crippen molar-refractivity contribution in [1.29, 1.82) is 0 Å². The van der Waals surface area contributed by atoms with Gasteiger partial charge in [-0.1, -0.05) is 58.3 Å². The summed E-state index contributed by atoms with van der Waals surface area (Å²) in [5.74, 6) is -1.87. The molecule has 148 valence electrons. The molecular weight excluding hydrogens is 368 g/mol. The fourth-order valence-corrected chi connectivity index (χ4v) is 6.60. The predicted molar refractivity (Wildman–Crippen MR) is 95.7 cm³/mol. The third-order valence-corrected chi connectivity index (χ3v) is 7.55. The van der Waals surface area contributed by atoms with Crippen molar-refractivity contribution < 1.29 is 30.9 Å². The standard InChI is InChI=1S/C16H30O7S2/c1-2-3-4-5-6-7-8-9-10-11-16(17)23-14-12-24(18,19)13-15(14)25(20,21)22/h14-15H,2-13H2,1H3,(H,20,21,22)/t14-,15+/m0/s1. The van der Waals surface area contributed by atoms with Gasteiger partial charge in [-0.05, 0) is 6.42 Å². The normalized spacial score (nSPS) is 22.8. The van der Waals surface area contributed by atoms with Crippen LogP contribution in [0, 0.1) is 0 Å². The molecule has 1 aliphatic heterocycles. The fraction of sp³-hybridized carbons (Fsp3) is 0.938. The lowest BCUT2D eigenvalue weighted by atomic mass is 10.1. The van der Waals surface area contributed by atoms with E-state index in [9.17, 15) is 21.6 Å². The van der Waals surface area contributed by atoms with Gasteiger partial charge in [0.15, 0.2) is 9.84 Å². The van der Waals surface area contributed by atoms with Crippen molar-refractivity contribution in [3.63, 3.8) is 0 Å². The van der Waals surface area contributed by atoms with Gasteiger partial charge in [0.05, 0.1) is 11.5 Å². The summed E-state index contributed by atoms with van der Waals surface area (Å²) in [5, 5.41) is -1.58. The predicted octanol–water partition coefficient (Wildman–Crippen LogP) is 2.50. The quantitative estimate of drug-likeness (QED) is 0.305. The molecule has 0 radical (unpaired) electrons. The summed E-state index contributed by atoms with van der Waals surface area (Å²) >= 11 is 0. The SMILES string of the molecule is CCCCCCCCCCCC(=O)O[C@H]1CS(=O)(=O)C[C@H]1S(=O)(=O)O. The molecule has 1 N–H and O–H groups in total. The third kappa shape index (κ3) is 9.01. The van der Waals surface area contributed by atoms with Crippen LogP contribution in [0.25, 0.3) is 0 Å². The Morgan fingerprint density at radius 1 is 1.00 bits per heavy atom. The Hall–Kier alpha value is -0.670. The molecule has 1 rings (SSSR count). The molecule has 0 saturated carbocycles. The van der Waals surface area contributed by atoms with E-state index in [1.807, 2.05) is 0 Å². The molecular formula is C16H30O7S2. The molecule has 0 aliphatic carbocycles. The average molecular weight is 399 g/mol. The third-order valence-electron chi connectivity index (χ3n) is 4.40. The Bertz CT molecular complexity index is 610. The molecule has 1 saturated heterocycles. The van der Waals surface area contributed by atoms with Crippen LogP contribution in [0.4, 0.5) is 0 Å². The van der Waals surface area contributed by atoms with Crippen molar-refractivity contribution in [3.8, 4) is 0 Å². The smallest absolute Gasteiger partial charge is 0.306 e. The summed E-state index contributed by atoms with van der Waals surface area (Å²) < 4.78 is 59.7. The topological polar surface area (TPSA) is 115 Å². The van der Waals surface area contributed by atoms with Gasteiger partial charge >= 0.3 is 5.97 Å². The maximum atomic E-state index is 11.8. The molecule has 0 spiro atoms. The van der Waals surface area contributed by atoms with Crippen molar-refractivity contribution >= 4 is 25.9 Å². The van der Waals surface area contributed by atoms with Crippen LogP contribution in [-0.4, -0.2) is 50.2 Å². The first-order valence-electron chi connectivity index (χ1n) is 9.02. The van der Waals surface area contributed by atoms with Gasteiger partial charge in [-0.2, -0.15) is 8.42 Å². The van der Waals surface area contributed by atoms with Crippen LogP contribution in [0.2, 0.25) is 0 Å². The number of rotatable bonds is 12. The van der Waals surface area contributed by atoms with Crippen molar-refractivity contribution in [2.45, 2.75) is 82.5 Å². The lowest BCUT2D eigenvalue weighted by Gasteiger charge is -2.16. The van der Waals surface area contributed by atoms with Crippen LogP contribution < -0.4 is 0 Å². The molecule has 2 atom stereocenters. The number of hydrogen-bond acceptors (Lipinski definition) is 6. The summed E-state index contributed by atoms with van der Waals surface area (Å²) in [6, 6.07) is 0. The first-order chi connectivity index (χ1) is 11.7. The Morgan fingerprint density at radius 3 is 2.04 bits per heavy atom. The number of sulfone groups is 1. The first-order valence-corrected chi connectivity index (χ1v) is 12.3. The molecule has 7 nitrogen and oxygen atoms in total. The van der Waals surface area contributed by atoms with Gasteiger partial charge in [0, 0.05) is 6.42 Å². The van der Waals surface area contributed by atoms with Gasteiger partial charge in [-0.25, -0.2) is 8.42 Å². The second-order valence-corrected chi connectivity index (χ2v) is 10.5. The van der Waals surface area contributed by atoms with E-state index >= 15 is 0 Å². The van der Waals surface area contributed by atoms with Crippen molar-refractivity contribution in [2.75, 3.05) is 11.5 Å². The molecule has 1 heterocycles. The number of esters is 1.